The zero-order valence-corrected chi connectivity index (χ0v) is 12.5. The first-order chi connectivity index (χ1) is 5.45. The second-order valence-electron chi connectivity index (χ2n) is 3.62. The Morgan fingerprint density at radius 1 is 1.08 bits per heavy atom. The van der Waals surface area contributed by atoms with Gasteiger partial charge in [-0.05, 0) is 0 Å². The van der Waals surface area contributed by atoms with Gasteiger partial charge in [0.2, 0.25) is 0 Å². The molecule has 0 radical (unpaired) electrons. The van der Waals surface area contributed by atoms with Crippen LogP contribution >= 0.6 is 0 Å². The molecule has 1 rings (SSSR count). The molecule has 13 heavy (non-hydrogen) atoms. The van der Waals surface area contributed by atoms with E-state index < -0.39 is 0 Å². The predicted octanol–water partition coefficient (Wildman–Crippen LogP) is 3.95. The minimum Gasteiger partial charge on any atom is -0.346 e. The van der Waals surface area contributed by atoms with Crippen LogP contribution < -0.4 is 0 Å². The first kappa shape index (κ1) is 15.6. The zero-order valence-electron chi connectivity index (χ0n) is 9.62. The summed E-state index contributed by atoms with van der Waals surface area (Å²) in [5.74, 6) is 0. The third kappa shape index (κ3) is 3.42. The molecule has 0 saturated carbocycles. The van der Waals surface area contributed by atoms with Crippen molar-refractivity contribution in [1.82, 2.24) is 0 Å². The molecule has 0 bridgehead atoms. The SMILES string of the molecule is CC1=[C-]C(C)(C)C(C)=C1C.[CH2-]C.[W+2]. The van der Waals surface area contributed by atoms with Crippen molar-refractivity contribution in [1.29, 1.82) is 0 Å². The molecule has 0 N–H and O–H groups in total. The monoisotopic (exact) mass is 348 g/mol. The summed E-state index contributed by atoms with van der Waals surface area (Å²) in [6.45, 7) is 15.9. The fourth-order valence-electron chi connectivity index (χ4n) is 1.41. The van der Waals surface area contributed by atoms with E-state index in [-0.39, 0.29) is 26.5 Å². The summed E-state index contributed by atoms with van der Waals surface area (Å²) in [5, 5.41) is 0. The fraction of sp³-hybridized carbons (Fsp3) is 0.583. The van der Waals surface area contributed by atoms with Crippen LogP contribution in [0.15, 0.2) is 16.7 Å². The minimum absolute atomic E-state index is 0. The van der Waals surface area contributed by atoms with Gasteiger partial charge in [0.15, 0.2) is 0 Å². The maximum Gasteiger partial charge on any atom is 2.00 e. The molecule has 0 unspecified atom stereocenters. The number of hydrogen-bond donors (Lipinski definition) is 0. The topological polar surface area (TPSA) is 0 Å². The van der Waals surface area contributed by atoms with Gasteiger partial charge in [-0.2, -0.15) is 18.1 Å². The Morgan fingerprint density at radius 2 is 1.46 bits per heavy atom. The summed E-state index contributed by atoms with van der Waals surface area (Å²) in [6.07, 6.45) is 3.44. The molecule has 0 aliphatic heterocycles. The Balaban J connectivity index is 0. The average molecular weight is 348 g/mol. The molecule has 0 atom stereocenters. The molecule has 0 amide bonds. The molecule has 1 aliphatic carbocycles. The maximum absolute atomic E-state index is 3.44. The molecule has 74 valence electrons. The molecule has 0 heterocycles. The van der Waals surface area contributed by atoms with Crippen molar-refractivity contribution in [3.8, 4) is 0 Å². The van der Waals surface area contributed by atoms with E-state index in [4.69, 9.17) is 0 Å². The summed E-state index contributed by atoms with van der Waals surface area (Å²) < 4.78 is 0. The molecule has 0 fully saturated rings. The summed E-state index contributed by atoms with van der Waals surface area (Å²) in [7, 11) is 0. The van der Waals surface area contributed by atoms with Crippen LogP contribution in [0.5, 0.6) is 0 Å². The van der Waals surface area contributed by atoms with Gasteiger partial charge in [-0.3, -0.25) is 6.08 Å². The first-order valence-corrected chi connectivity index (χ1v) is 4.46. The zero-order chi connectivity index (χ0) is 9.94. The van der Waals surface area contributed by atoms with Crippen molar-refractivity contribution in [3.05, 3.63) is 29.7 Å². The van der Waals surface area contributed by atoms with E-state index in [1.807, 2.05) is 0 Å². The van der Waals surface area contributed by atoms with Crippen molar-refractivity contribution in [3.63, 3.8) is 0 Å². The summed E-state index contributed by atoms with van der Waals surface area (Å²) in [6, 6.07) is 0. The minimum atomic E-state index is 0. The quantitative estimate of drug-likeness (QED) is 0.582. The Labute approximate surface area is 97.8 Å². The second kappa shape index (κ2) is 5.81. The van der Waals surface area contributed by atoms with E-state index in [0.717, 1.165) is 0 Å². The van der Waals surface area contributed by atoms with E-state index in [2.05, 4.69) is 47.6 Å². The average Bonchev–Trinajstić information content (AvgIpc) is 2.19. The van der Waals surface area contributed by atoms with Crippen LogP contribution in [0, 0.1) is 18.4 Å². The van der Waals surface area contributed by atoms with Crippen molar-refractivity contribution in [2.24, 2.45) is 5.41 Å². The van der Waals surface area contributed by atoms with E-state index >= 15 is 0 Å². The van der Waals surface area contributed by atoms with Crippen molar-refractivity contribution in [2.75, 3.05) is 0 Å². The number of allylic oxidation sites excluding steroid dienone is 4. The van der Waals surface area contributed by atoms with Gasteiger partial charge in [-0.15, -0.1) is 6.92 Å². The Hall–Kier alpha value is 0.168. The smallest absolute Gasteiger partial charge is 0.346 e. The van der Waals surface area contributed by atoms with Crippen molar-refractivity contribution < 1.29 is 21.1 Å². The van der Waals surface area contributed by atoms with E-state index in [1.54, 1.807) is 6.92 Å². The molecule has 0 saturated heterocycles. The predicted molar refractivity (Wildman–Crippen MR) is 55.6 cm³/mol. The van der Waals surface area contributed by atoms with E-state index in [0.29, 0.717) is 0 Å². The Kier molecular flexibility index (Phi) is 6.98. The van der Waals surface area contributed by atoms with Gasteiger partial charge < -0.3 is 6.92 Å². The molecule has 0 aromatic heterocycles. The number of rotatable bonds is 0. The van der Waals surface area contributed by atoms with E-state index in [9.17, 15) is 0 Å². The van der Waals surface area contributed by atoms with Crippen LogP contribution in [0.3, 0.4) is 0 Å². The molecular weight excluding hydrogens is 328 g/mol. The maximum atomic E-state index is 3.44. The summed E-state index contributed by atoms with van der Waals surface area (Å²) in [5.41, 5.74) is 4.39. The van der Waals surface area contributed by atoms with Gasteiger partial charge in [-0.1, -0.05) is 33.1 Å². The second-order valence-corrected chi connectivity index (χ2v) is 3.62. The molecule has 1 aliphatic rings. The van der Waals surface area contributed by atoms with Crippen LogP contribution in [-0.2, 0) is 21.1 Å². The van der Waals surface area contributed by atoms with Crippen LogP contribution in [-0.4, -0.2) is 0 Å². The van der Waals surface area contributed by atoms with Gasteiger partial charge in [-0.25, -0.2) is 5.57 Å². The molecular formula is C12H20W. The van der Waals surface area contributed by atoms with Gasteiger partial charge in [0.25, 0.3) is 0 Å². The molecule has 0 nitrogen and oxygen atoms in total. The van der Waals surface area contributed by atoms with Gasteiger partial charge in [0.1, 0.15) is 0 Å². The van der Waals surface area contributed by atoms with Crippen LogP contribution in [0.4, 0.5) is 0 Å². The van der Waals surface area contributed by atoms with Crippen molar-refractivity contribution >= 4 is 0 Å². The standard InChI is InChI=1S/C10H15.C2H5.W/c1-7-6-10(4,5)9(3)8(7)2;1-2;/h1-5H3;1H2,2H3;/q2*-1;+2. The first-order valence-electron chi connectivity index (χ1n) is 4.46. The normalized spacial score (nSPS) is 18.5. The Bertz CT molecular complexity index is 219. The Morgan fingerprint density at radius 3 is 1.54 bits per heavy atom. The molecule has 0 spiro atoms. The summed E-state index contributed by atoms with van der Waals surface area (Å²) in [4.78, 5) is 0. The van der Waals surface area contributed by atoms with Gasteiger partial charge in [0, 0.05) is 0 Å². The fourth-order valence-corrected chi connectivity index (χ4v) is 1.41. The molecule has 0 aromatic carbocycles. The molecule has 1 heteroatoms. The van der Waals surface area contributed by atoms with Crippen LogP contribution in [0.2, 0.25) is 0 Å². The van der Waals surface area contributed by atoms with Crippen LogP contribution in [0.1, 0.15) is 41.5 Å². The number of hydrogen-bond acceptors (Lipinski definition) is 0. The third-order valence-corrected chi connectivity index (χ3v) is 2.56. The summed E-state index contributed by atoms with van der Waals surface area (Å²) >= 11 is 0. The molecule has 0 aromatic rings. The van der Waals surface area contributed by atoms with Crippen molar-refractivity contribution in [2.45, 2.75) is 41.5 Å². The van der Waals surface area contributed by atoms with Crippen LogP contribution in [0.25, 0.3) is 0 Å². The van der Waals surface area contributed by atoms with E-state index in [1.165, 1.54) is 16.7 Å². The largest absolute Gasteiger partial charge is 2.00 e. The van der Waals surface area contributed by atoms with Gasteiger partial charge in [0.05, 0.1) is 0 Å². The van der Waals surface area contributed by atoms with Gasteiger partial charge >= 0.3 is 21.1 Å². The third-order valence-electron chi connectivity index (χ3n) is 2.56.